The van der Waals surface area contributed by atoms with E-state index < -0.39 is 0 Å². The summed E-state index contributed by atoms with van der Waals surface area (Å²) in [5, 5.41) is 16.9. The number of hydrogen-bond donors (Lipinski definition) is 2. The molecule has 0 saturated carbocycles. The fourth-order valence-corrected chi connectivity index (χ4v) is 4.45. The Labute approximate surface area is 150 Å². The zero-order valence-corrected chi connectivity index (χ0v) is 15.6. The van der Waals surface area contributed by atoms with Crippen LogP contribution in [0.15, 0.2) is 0 Å². The zero-order valence-electron chi connectivity index (χ0n) is 15.6. The van der Waals surface area contributed by atoms with Crippen molar-refractivity contribution in [2.24, 2.45) is 11.8 Å². The Balaban J connectivity index is 1.56. The maximum absolute atomic E-state index is 12.8. The van der Waals surface area contributed by atoms with Crippen molar-refractivity contribution >= 4 is 5.91 Å². The molecule has 0 bridgehead atoms. The summed E-state index contributed by atoms with van der Waals surface area (Å²) < 4.78 is 0. The highest BCUT2D eigenvalue weighted by molar-refractivity contribution is 5.76. The van der Waals surface area contributed by atoms with Crippen LogP contribution in [0.25, 0.3) is 0 Å². The van der Waals surface area contributed by atoms with Gasteiger partial charge in [0.1, 0.15) is 0 Å². The Hall–Kier alpha value is -1.40. The van der Waals surface area contributed by atoms with Gasteiger partial charge in [0.25, 0.3) is 0 Å². The van der Waals surface area contributed by atoms with Gasteiger partial charge < -0.3 is 14.9 Å². The van der Waals surface area contributed by atoms with Crippen LogP contribution in [0.2, 0.25) is 0 Å². The lowest BCUT2D eigenvalue weighted by molar-refractivity contribution is -0.134. The molecule has 3 rings (SSSR count). The average Bonchev–Trinajstić information content (AvgIpc) is 3.23. The second-order valence-corrected chi connectivity index (χ2v) is 7.87. The summed E-state index contributed by atoms with van der Waals surface area (Å²) in [4.78, 5) is 17.3. The monoisotopic (exact) mass is 348 g/mol. The predicted molar refractivity (Wildman–Crippen MR) is 97.3 cm³/mol. The molecule has 0 aliphatic carbocycles. The second kappa shape index (κ2) is 8.32. The minimum absolute atomic E-state index is 0.181. The first-order valence-electron chi connectivity index (χ1n) is 9.68. The van der Waals surface area contributed by atoms with Crippen molar-refractivity contribution in [1.82, 2.24) is 20.0 Å². The molecule has 6 nitrogen and oxygen atoms in total. The van der Waals surface area contributed by atoms with Crippen LogP contribution in [0.4, 0.5) is 0 Å². The molecule has 0 radical (unpaired) electrons. The van der Waals surface area contributed by atoms with Gasteiger partial charge in [-0.2, -0.15) is 5.10 Å². The number of nitrogens with zero attached hydrogens (tertiary/aromatic N) is 3. The van der Waals surface area contributed by atoms with Crippen molar-refractivity contribution in [1.29, 1.82) is 0 Å². The summed E-state index contributed by atoms with van der Waals surface area (Å²) in [5.41, 5.74) is 3.21. The molecule has 1 aromatic heterocycles. The number of rotatable bonds is 6. The normalized spacial score (nSPS) is 24.8. The molecule has 2 aliphatic heterocycles. The highest BCUT2D eigenvalue weighted by atomic mass is 16.3. The van der Waals surface area contributed by atoms with Crippen LogP contribution >= 0.6 is 0 Å². The summed E-state index contributed by atoms with van der Waals surface area (Å²) in [6.45, 7) is 9.16. The Morgan fingerprint density at radius 3 is 2.60 bits per heavy atom. The minimum Gasteiger partial charge on any atom is -0.396 e. The van der Waals surface area contributed by atoms with E-state index in [2.05, 4.69) is 15.1 Å². The van der Waals surface area contributed by atoms with E-state index in [1.54, 1.807) is 0 Å². The van der Waals surface area contributed by atoms with Crippen LogP contribution in [0, 0.1) is 25.7 Å². The third-order valence-corrected chi connectivity index (χ3v) is 5.82. The molecule has 2 N–H and O–H groups in total. The molecule has 2 fully saturated rings. The lowest BCUT2D eigenvalue weighted by atomic mass is 9.89. The van der Waals surface area contributed by atoms with Gasteiger partial charge in [0.05, 0.1) is 5.69 Å². The van der Waals surface area contributed by atoms with Gasteiger partial charge >= 0.3 is 0 Å². The Morgan fingerprint density at radius 2 is 1.96 bits per heavy atom. The fourth-order valence-electron chi connectivity index (χ4n) is 4.45. The highest BCUT2D eigenvalue weighted by Gasteiger charge is 2.31. The Bertz CT molecular complexity index is 560. The van der Waals surface area contributed by atoms with Gasteiger partial charge in [-0.3, -0.25) is 9.89 Å². The number of carbonyl (C=O) groups excluding carboxylic acids is 1. The first-order valence-corrected chi connectivity index (χ1v) is 9.68. The topological polar surface area (TPSA) is 72.5 Å². The van der Waals surface area contributed by atoms with E-state index in [-0.39, 0.29) is 18.4 Å². The lowest BCUT2D eigenvalue weighted by Gasteiger charge is -2.38. The number of aromatic nitrogens is 2. The number of aryl methyl sites for hydroxylation is 2. The Morgan fingerprint density at radius 1 is 1.24 bits per heavy atom. The number of aliphatic hydroxyl groups excluding tert-OH is 1. The van der Waals surface area contributed by atoms with Crippen molar-refractivity contribution in [3.63, 3.8) is 0 Å². The van der Waals surface area contributed by atoms with Crippen LogP contribution in [0.5, 0.6) is 0 Å². The number of amides is 1. The number of likely N-dealkylation sites (tertiary alicyclic amines) is 2. The summed E-state index contributed by atoms with van der Waals surface area (Å²) in [6, 6.07) is 0. The molecule has 0 aromatic carbocycles. The summed E-state index contributed by atoms with van der Waals surface area (Å²) >= 11 is 0. The molecule has 140 valence electrons. The quantitative estimate of drug-likeness (QED) is 0.817. The first-order chi connectivity index (χ1) is 12.1. The predicted octanol–water partition coefficient (Wildman–Crippen LogP) is 1.51. The van der Waals surface area contributed by atoms with Crippen molar-refractivity contribution in [3.8, 4) is 0 Å². The molecule has 1 amide bonds. The van der Waals surface area contributed by atoms with Gasteiger partial charge in [-0.1, -0.05) is 0 Å². The van der Waals surface area contributed by atoms with Crippen molar-refractivity contribution in [3.05, 3.63) is 17.0 Å². The number of piperidine rings is 1. The molecule has 3 heterocycles. The maximum Gasteiger partial charge on any atom is 0.222 e. The van der Waals surface area contributed by atoms with Gasteiger partial charge in [0.15, 0.2) is 0 Å². The van der Waals surface area contributed by atoms with E-state index in [4.69, 9.17) is 0 Å². The van der Waals surface area contributed by atoms with Crippen LogP contribution in [0.3, 0.4) is 0 Å². The van der Waals surface area contributed by atoms with Gasteiger partial charge in [0.2, 0.25) is 5.91 Å². The van der Waals surface area contributed by atoms with Gasteiger partial charge in [0, 0.05) is 38.4 Å². The van der Waals surface area contributed by atoms with Crippen LogP contribution in [0.1, 0.15) is 42.6 Å². The Kier molecular flexibility index (Phi) is 6.12. The smallest absolute Gasteiger partial charge is 0.222 e. The molecular weight excluding hydrogens is 316 g/mol. The SMILES string of the molecule is Cc1n[nH]c(C)c1CCC(=O)N1C[C@@H](CN2CCCC2)C[C@H](CO)C1. The van der Waals surface area contributed by atoms with Gasteiger partial charge in [-0.25, -0.2) is 0 Å². The number of aromatic amines is 1. The van der Waals surface area contributed by atoms with E-state index in [1.165, 1.54) is 25.9 Å². The van der Waals surface area contributed by atoms with E-state index in [1.807, 2.05) is 18.7 Å². The van der Waals surface area contributed by atoms with E-state index in [0.29, 0.717) is 18.9 Å². The fraction of sp³-hybridized carbons (Fsp3) is 0.789. The zero-order chi connectivity index (χ0) is 17.8. The molecule has 0 spiro atoms. The molecule has 0 unspecified atom stereocenters. The molecule has 25 heavy (non-hydrogen) atoms. The molecule has 2 saturated heterocycles. The molecular formula is C19H32N4O2. The lowest BCUT2D eigenvalue weighted by Crippen LogP contribution is -2.47. The standard InChI is InChI=1S/C19H32N4O2/c1-14-18(15(2)21-20-14)5-6-19(25)23-11-16(9-17(12-23)13-24)10-22-7-3-4-8-22/h16-17,24H,3-13H2,1-2H3,(H,20,21)/t16-,17+/m1/s1. The van der Waals surface area contributed by atoms with E-state index >= 15 is 0 Å². The number of H-pyrrole nitrogens is 1. The summed E-state index contributed by atoms with van der Waals surface area (Å²) in [6.07, 6.45) is 4.89. The van der Waals surface area contributed by atoms with Crippen LogP contribution in [-0.2, 0) is 11.2 Å². The van der Waals surface area contributed by atoms with Crippen molar-refractivity contribution in [2.75, 3.05) is 39.3 Å². The first kappa shape index (κ1) is 18.4. The van der Waals surface area contributed by atoms with E-state index in [0.717, 1.165) is 42.9 Å². The van der Waals surface area contributed by atoms with Gasteiger partial charge in [-0.15, -0.1) is 0 Å². The second-order valence-electron chi connectivity index (χ2n) is 7.87. The number of carbonyl (C=O) groups is 1. The van der Waals surface area contributed by atoms with Crippen LogP contribution in [-0.4, -0.2) is 70.3 Å². The molecule has 2 atom stereocenters. The number of hydrogen-bond acceptors (Lipinski definition) is 4. The van der Waals surface area contributed by atoms with Crippen molar-refractivity contribution < 1.29 is 9.90 Å². The average molecular weight is 348 g/mol. The highest BCUT2D eigenvalue weighted by Crippen LogP contribution is 2.25. The third kappa shape index (κ3) is 4.61. The summed E-state index contributed by atoms with van der Waals surface area (Å²) in [5.74, 6) is 0.928. The molecule has 1 aromatic rings. The maximum atomic E-state index is 12.8. The number of nitrogens with one attached hydrogen (secondary N) is 1. The largest absolute Gasteiger partial charge is 0.396 e. The van der Waals surface area contributed by atoms with E-state index in [9.17, 15) is 9.90 Å². The third-order valence-electron chi connectivity index (χ3n) is 5.82. The van der Waals surface area contributed by atoms with Crippen molar-refractivity contribution in [2.45, 2.75) is 46.0 Å². The minimum atomic E-state index is 0.181. The molecule has 2 aliphatic rings. The molecule has 6 heteroatoms. The summed E-state index contributed by atoms with van der Waals surface area (Å²) in [7, 11) is 0. The number of aliphatic hydroxyl groups is 1. The van der Waals surface area contributed by atoms with Gasteiger partial charge in [-0.05, 0) is 70.0 Å². The van der Waals surface area contributed by atoms with Crippen LogP contribution < -0.4 is 0 Å².